The topological polar surface area (TPSA) is 73.0 Å². The number of carbonyl (C=O) groups excluding carboxylic acids is 1. The van der Waals surface area contributed by atoms with E-state index in [0.717, 1.165) is 29.8 Å². The fourth-order valence-corrected chi connectivity index (χ4v) is 5.26. The molecule has 0 radical (unpaired) electrons. The molecule has 1 saturated heterocycles. The first-order valence-corrected chi connectivity index (χ1v) is 11.4. The van der Waals surface area contributed by atoms with Gasteiger partial charge in [-0.25, -0.2) is 9.78 Å². The normalized spacial score (nSPS) is 19.9. The number of fused-ring (bicyclic) bond motifs is 1. The molecule has 5 rings (SSSR count). The van der Waals surface area contributed by atoms with Gasteiger partial charge in [0.1, 0.15) is 0 Å². The van der Waals surface area contributed by atoms with Gasteiger partial charge in [-0.15, -0.1) is 0 Å². The van der Waals surface area contributed by atoms with Gasteiger partial charge in [-0.2, -0.15) is 0 Å². The van der Waals surface area contributed by atoms with E-state index in [-0.39, 0.29) is 17.6 Å². The average Bonchev–Trinajstić information content (AvgIpc) is 3.38. The summed E-state index contributed by atoms with van der Waals surface area (Å²) in [5.74, 6) is 0.543. The Balaban J connectivity index is 1.44. The van der Waals surface area contributed by atoms with Crippen LogP contribution in [-0.2, 0) is 6.54 Å². The van der Waals surface area contributed by atoms with Crippen LogP contribution in [0.2, 0.25) is 0 Å². The van der Waals surface area contributed by atoms with Crippen LogP contribution in [0, 0.1) is 12.8 Å². The van der Waals surface area contributed by atoms with Crippen molar-refractivity contribution in [2.24, 2.45) is 5.92 Å². The highest BCUT2D eigenvalue weighted by molar-refractivity contribution is 5.95. The molecule has 7 nitrogen and oxygen atoms in total. The third kappa shape index (κ3) is 3.66. The van der Waals surface area contributed by atoms with Crippen LogP contribution in [0.5, 0.6) is 0 Å². The van der Waals surface area contributed by atoms with Gasteiger partial charge in [0, 0.05) is 37.7 Å². The van der Waals surface area contributed by atoms with Gasteiger partial charge >= 0.3 is 5.69 Å². The van der Waals surface area contributed by atoms with Gasteiger partial charge in [0.05, 0.1) is 17.1 Å². The molecule has 0 bridgehead atoms. The lowest BCUT2D eigenvalue weighted by Crippen LogP contribution is -2.33. The maximum Gasteiger partial charge on any atom is 0.330 e. The Hall–Kier alpha value is -2.96. The summed E-state index contributed by atoms with van der Waals surface area (Å²) in [6.07, 6.45) is 10.4. The predicted octanol–water partition coefficient (Wildman–Crippen LogP) is 3.57. The lowest BCUT2D eigenvalue weighted by atomic mass is 9.89. The molecule has 4 heterocycles. The zero-order valence-electron chi connectivity index (χ0n) is 18.0. The number of amides is 1. The predicted molar refractivity (Wildman–Crippen MR) is 119 cm³/mol. The number of rotatable bonds is 4. The fraction of sp³-hybridized carbons (Fsp3) is 0.500. The molecule has 0 spiro atoms. The Morgan fingerprint density at radius 2 is 1.84 bits per heavy atom. The van der Waals surface area contributed by atoms with Gasteiger partial charge in [0.25, 0.3) is 5.91 Å². The molecule has 3 aromatic rings. The number of hydrogen-bond donors (Lipinski definition) is 0. The summed E-state index contributed by atoms with van der Waals surface area (Å²) >= 11 is 0. The van der Waals surface area contributed by atoms with Gasteiger partial charge in [-0.05, 0) is 56.4 Å². The maximum atomic E-state index is 13.5. The average molecular weight is 420 g/mol. The van der Waals surface area contributed by atoms with E-state index in [0.29, 0.717) is 24.6 Å². The van der Waals surface area contributed by atoms with Gasteiger partial charge in [-0.1, -0.05) is 19.3 Å². The summed E-state index contributed by atoms with van der Waals surface area (Å²) in [6, 6.07) is 7.46. The minimum atomic E-state index is -0.0570. The highest BCUT2D eigenvalue weighted by atomic mass is 16.2. The Morgan fingerprint density at radius 1 is 1.06 bits per heavy atom. The number of aryl methyl sites for hydroxylation is 1. The van der Waals surface area contributed by atoms with Crippen molar-refractivity contribution in [3.8, 4) is 0 Å². The Labute approximate surface area is 181 Å². The summed E-state index contributed by atoms with van der Waals surface area (Å²) in [5.41, 5.74) is 3.02. The number of hydrogen-bond acceptors (Lipinski definition) is 4. The first kappa shape index (κ1) is 20.0. The fourth-order valence-electron chi connectivity index (χ4n) is 5.26. The molecule has 3 aromatic heterocycles. The van der Waals surface area contributed by atoms with Crippen LogP contribution in [0.1, 0.15) is 60.6 Å². The van der Waals surface area contributed by atoms with Crippen LogP contribution < -0.4 is 5.69 Å². The van der Waals surface area contributed by atoms with Crippen LogP contribution in [0.25, 0.3) is 11.2 Å². The van der Waals surface area contributed by atoms with E-state index in [9.17, 15) is 9.59 Å². The van der Waals surface area contributed by atoms with E-state index < -0.39 is 0 Å². The highest BCUT2D eigenvalue weighted by Crippen LogP contribution is 2.28. The second-order valence-corrected chi connectivity index (χ2v) is 8.94. The van der Waals surface area contributed by atoms with Crippen LogP contribution in [0.15, 0.2) is 41.5 Å². The van der Waals surface area contributed by atoms with E-state index in [1.54, 1.807) is 18.5 Å². The smallest absolute Gasteiger partial charge is 0.330 e. The molecule has 0 N–H and O–H groups in total. The zero-order chi connectivity index (χ0) is 21.4. The number of aromatic nitrogens is 4. The van der Waals surface area contributed by atoms with Crippen molar-refractivity contribution in [2.75, 3.05) is 13.1 Å². The third-order valence-electron chi connectivity index (χ3n) is 6.94. The van der Waals surface area contributed by atoms with Crippen molar-refractivity contribution in [1.29, 1.82) is 0 Å². The van der Waals surface area contributed by atoms with Crippen LogP contribution in [0.4, 0.5) is 0 Å². The number of pyridine rings is 2. The molecule has 1 aliphatic heterocycles. The van der Waals surface area contributed by atoms with Gasteiger partial charge < -0.3 is 4.90 Å². The molecule has 0 aromatic carbocycles. The van der Waals surface area contributed by atoms with Crippen molar-refractivity contribution >= 4 is 17.1 Å². The first-order chi connectivity index (χ1) is 15.1. The SMILES string of the molecule is Cc1ncccc1C(=O)N1CC[C@@H](n2c(=O)n(CC3CCCCC3)c3cccnc32)C1. The number of likely N-dealkylation sites (tertiary alicyclic amines) is 1. The van der Waals surface area contributed by atoms with E-state index in [1.165, 1.54) is 32.1 Å². The Morgan fingerprint density at radius 3 is 2.65 bits per heavy atom. The Kier molecular flexibility index (Phi) is 5.34. The monoisotopic (exact) mass is 419 g/mol. The molecule has 31 heavy (non-hydrogen) atoms. The van der Waals surface area contributed by atoms with Gasteiger partial charge in [0.2, 0.25) is 0 Å². The highest BCUT2D eigenvalue weighted by Gasteiger charge is 2.32. The molecular weight excluding hydrogens is 390 g/mol. The minimum Gasteiger partial charge on any atom is -0.336 e. The largest absolute Gasteiger partial charge is 0.336 e. The van der Waals surface area contributed by atoms with Crippen molar-refractivity contribution < 1.29 is 4.79 Å². The second kappa shape index (κ2) is 8.29. The van der Waals surface area contributed by atoms with Gasteiger partial charge in [-0.3, -0.25) is 18.9 Å². The number of imidazole rings is 1. The molecule has 2 aliphatic rings. The molecule has 1 amide bonds. The van der Waals surface area contributed by atoms with E-state index in [4.69, 9.17) is 0 Å². The molecule has 7 heteroatoms. The summed E-state index contributed by atoms with van der Waals surface area (Å²) < 4.78 is 3.76. The van der Waals surface area contributed by atoms with Gasteiger partial charge in [0.15, 0.2) is 5.65 Å². The first-order valence-electron chi connectivity index (χ1n) is 11.4. The van der Waals surface area contributed by atoms with Crippen molar-refractivity contribution in [1.82, 2.24) is 24.0 Å². The maximum absolute atomic E-state index is 13.5. The summed E-state index contributed by atoms with van der Waals surface area (Å²) in [6.45, 7) is 3.77. The summed E-state index contributed by atoms with van der Waals surface area (Å²) in [5, 5.41) is 0. The zero-order valence-corrected chi connectivity index (χ0v) is 18.0. The van der Waals surface area contributed by atoms with E-state index >= 15 is 0 Å². The lowest BCUT2D eigenvalue weighted by molar-refractivity contribution is 0.0786. The van der Waals surface area contributed by atoms with Crippen LogP contribution >= 0.6 is 0 Å². The Bertz CT molecular complexity index is 1160. The quantitative estimate of drug-likeness (QED) is 0.648. The van der Waals surface area contributed by atoms with Crippen molar-refractivity contribution in [3.63, 3.8) is 0 Å². The van der Waals surface area contributed by atoms with E-state index in [2.05, 4.69) is 9.97 Å². The van der Waals surface area contributed by atoms with Crippen LogP contribution in [-0.4, -0.2) is 43.0 Å². The van der Waals surface area contributed by atoms with Crippen LogP contribution in [0.3, 0.4) is 0 Å². The molecule has 1 atom stereocenters. The summed E-state index contributed by atoms with van der Waals surface area (Å²) in [4.78, 5) is 37.2. The molecule has 0 unspecified atom stereocenters. The second-order valence-electron chi connectivity index (χ2n) is 8.94. The van der Waals surface area contributed by atoms with Crippen molar-refractivity contribution in [3.05, 3.63) is 58.4 Å². The lowest BCUT2D eigenvalue weighted by Gasteiger charge is -2.21. The third-order valence-corrected chi connectivity index (χ3v) is 6.94. The number of carbonyl (C=O) groups is 1. The van der Waals surface area contributed by atoms with Crippen molar-refractivity contribution in [2.45, 2.75) is 58.0 Å². The van der Waals surface area contributed by atoms with E-state index in [1.807, 2.05) is 39.2 Å². The molecule has 1 saturated carbocycles. The number of nitrogens with zero attached hydrogens (tertiary/aromatic N) is 5. The minimum absolute atomic E-state index is 0.0103. The molecule has 2 fully saturated rings. The molecule has 162 valence electrons. The standard InChI is InChI=1S/C24H29N5O2/c1-17-20(9-5-12-25-17)23(30)27-14-11-19(16-27)29-22-21(10-6-13-26-22)28(24(29)31)15-18-7-3-2-4-8-18/h5-6,9-10,12-13,18-19H,2-4,7-8,11,14-16H2,1H3/t19-/m1/s1. The summed E-state index contributed by atoms with van der Waals surface area (Å²) in [7, 11) is 0. The molecular formula is C24H29N5O2. The molecule has 1 aliphatic carbocycles.